The van der Waals surface area contributed by atoms with Crippen LogP contribution in [0, 0.1) is 0 Å². The van der Waals surface area contributed by atoms with Crippen molar-refractivity contribution in [2.75, 3.05) is 24.5 Å². The number of fused-ring (bicyclic) bond motifs is 1. The van der Waals surface area contributed by atoms with E-state index in [1.807, 2.05) is 18.2 Å². The van der Waals surface area contributed by atoms with E-state index in [4.69, 9.17) is 16.3 Å². The van der Waals surface area contributed by atoms with E-state index in [0.717, 1.165) is 16.3 Å². The molecule has 3 aromatic carbocycles. The van der Waals surface area contributed by atoms with Crippen LogP contribution in [-0.4, -0.2) is 39.4 Å². The number of nitrogens with zero attached hydrogens (tertiary/aromatic N) is 2. The van der Waals surface area contributed by atoms with Gasteiger partial charge >= 0.3 is 0 Å². The number of amides is 1. The molecule has 166 valence electrons. The summed E-state index contributed by atoms with van der Waals surface area (Å²) in [6.45, 7) is 0.610. The molecule has 0 saturated heterocycles. The van der Waals surface area contributed by atoms with Crippen molar-refractivity contribution in [1.82, 2.24) is 4.90 Å². The van der Waals surface area contributed by atoms with Crippen LogP contribution >= 0.6 is 11.6 Å². The molecule has 6 nitrogen and oxygen atoms in total. The summed E-state index contributed by atoms with van der Waals surface area (Å²) >= 11 is 6.18. The Labute approximate surface area is 193 Å². The number of carbonyl (C=O) groups is 1. The molecule has 1 aliphatic rings. The molecule has 0 N–H and O–H groups in total. The van der Waals surface area contributed by atoms with Gasteiger partial charge in [0.05, 0.1) is 17.7 Å². The van der Waals surface area contributed by atoms with Crippen LogP contribution in [0.3, 0.4) is 0 Å². The van der Waals surface area contributed by atoms with Crippen LogP contribution in [0.25, 0.3) is 0 Å². The average Bonchev–Trinajstić information content (AvgIpc) is 2.82. The monoisotopic (exact) mass is 470 g/mol. The molecule has 0 saturated carbocycles. The van der Waals surface area contributed by atoms with Crippen LogP contribution in [0.15, 0.2) is 77.7 Å². The Kier molecular flexibility index (Phi) is 6.39. The summed E-state index contributed by atoms with van der Waals surface area (Å²) in [5.74, 6) is 0.0201. The second-order valence-corrected chi connectivity index (χ2v) is 9.77. The Morgan fingerprint density at radius 3 is 2.44 bits per heavy atom. The predicted molar refractivity (Wildman–Crippen MR) is 125 cm³/mol. The molecule has 0 fully saturated rings. The van der Waals surface area contributed by atoms with E-state index in [2.05, 4.69) is 6.07 Å². The molecule has 0 bridgehead atoms. The zero-order chi connectivity index (χ0) is 22.7. The number of methoxy groups -OCH3 is 1. The first-order valence-corrected chi connectivity index (χ1v) is 12.0. The van der Waals surface area contributed by atoms with Crippen LogP contribution in [0.5, 0.6) is 5.75 Å². The molecule has 0 atom stereocenters. The van der Waals surface area contributed by atoms with Gasteiger partial charge in [0.15, 0.2) is 0 Å². The molecule has 4 rings (SSSR count). The first kappa shape index (κ1) is 22.2. The van der Waals surface area contributed by atoms with Crippen LogP contribution in [0.1, 0.15) is 11.1 Å². The van der Waals surface area contributed by atoms with Crippen molar-refractivity contribution in [3.8, 4) is 5.75 Å². The SMILES string of the molecule is COc1ccc(Cl)cc1N(CC(=O)N1CCc2ccccc2C1)S(=O)(=O)c1ccccc1. The van der Waals surface area contributed by atoms with E-state index in [9.17, 15) is 13.2 Å². The second kappa shape index (κ2) is 9.22. The van der Waals surface area contributed by atoms with Gasteiger partial charge in [0, 0.05) is 18.1 Å². The molecule has 0 unspecified atom stereocenters. The Balaban J connectivity index is 1.71. The molecule has 1 heterocycles. The molecule has 0 spiro atoms. The number of halogens is 1. The second-order valence-electron chi connectivity index (χ2n) is 7.47. The minimum atomic E-state index is -4.05. The van der Waals surface area contributed by atoms with Crippen molar-refractivity contribution in [2.45, 2.75) is 17.9 Å². The van der Waals surface area contributed by atoms with Crippen LogP contribution in [0.2, 0.25) is 5.02 Å². The predicted octanol–water partition coefficient (Wildman–Crippen LogP) is 4.13. The summed E-state index contributed by atoms with van der Waals surface area (Å²) in [4.78, 5) is 15.1. The Morgan fingerprint density at radius 1 is 1.03 bits per heavy atom. The first-order chi connectivity index (χ1) is 15.4. The van der Waals surface area contributed by atoms with Crippen LogP contribution in [0.4, 0.5) is 5.69 Å². The van der Waals surface area contributed by atoms with Gasteiger partial charge in [0.1, 0.15) is 12.3 Å². The van der Waals surface area contributed by atoms with Gasteiger partial charge in [0.2, 0.25) is 5.91 Å². The van der Waals surface area contributed by atoms with Gasteiger partial charge in [-0.3, -0.25) is 9.10 Å². The van der Waals surface area contributed by atoms with Crippen molar-refractivity contribution in [3.63, 3.8) is 0 Å². The molecule has 1 amide bonds. The molecule has 1 aliphatic heterocycles. The number of hydrogen-bond acceptors (Lipinski definition) is 4. The van der Waals surface area contributed by atoms with Gasteiger partial charge in [0.25, 0.3) is 10.0 Å². The number of ether oxygens (including phenoxy) is 1. The van der Waals surface area contributed by atoms with Crippen molar-refractivity contribution in [2.24, 2.45) is 0 Å². The normalized spacial score (nSPS) is 13.4. The lowest BCUT2D eigenvalue weighted by atomic mass is 10.00. The number of sulfonamides is 1. The molecular formula is C24H23ClN2O4S. The number of anilines is 1. The molecule has 8 heteroatoms. The fraction of sp³-hybridized carbons (Fsp3) is 0.208. The Morgan fingerprint density at radius 2 is 1.72 bits per heavy atom. The van der Waals surface area contributed by atoms with Crippen LogP contribution < -0.4 is 9.04 Å². The van der Waals surface area contributed by atoms with E-state index in [-0.39, 0.29) is 23.0 Å². The average molecular weight is 471 g/mol. The highest BCUT2D eigenvalue weighted by atomic mass is 35.5. The van der Waals surface area contributed by atoms with Gasteiger partial charge in [-0.1, -0.05) is 54.1 Å². The zero-order valence-electron chi connectivity index (χ0n) is 17.6. The van der Waals surface area contributed by atoms with E-state index in [1.165, 1.54) is 30.9 Å². The third-order valence-electron chi connectivity index (χ3n) is 5.50. The third kappa shape index (κ3) is 4.45. The number of carbonyl (C=O) groups excluding carboxylic acids is 1. The summed E-state index contributed by atoms with van der Waals surface area (Å²) in [6, 6.07) is 20.7. The number of benzene rings is 3. The largest absolute Gasteiger partial charge is 0.495 e. The minimum Gasteiger partial charge on any atom is -0.495 e. The van der Waals surface area contributed by atoms with Crippen molar-refractivity contribution < 1.29 is 17.9 Å². The van der Waals surface area contributed by atoms with E-state index in [0.29, 0.717) is 23.9 Å². The van der Waals surface area contributed by atoms with Gasteiger partial charge in [-0.15, -0.1) is 0 Å². The highest BCUT2D eigenvalue weighted by molar-refractivity contribution is 7.92. The fourth-order valence-electron chi connectivity index (χ4n) is 3.81. The summed E-state index contributed by atoms with van der Waals surface area (Å²) in [5.41, 5.74) is 2.50. The highest BCUT2D eigenvalue weighted by Crippen LogP contribution is 2.35. The fourth-order valence-corrected chi connectivity index (χ4v) is 5.41. The van der Waals surface area contributed by atoms with Crippen molar-refractivity contribution >= 4 is 33.2 Å². The standard InChI is InChI=1S/C24H23ClN2O4S/c1-31-23-12-11-20(25)15-22(23)27(32(29,30)21-9-3-2-4-10-21)17-24(28)26-14-13-18-7-5-6-8-19(18)16-26/h2-12,15H,13-14,16-17H2,1H3. The lowest BCUT2D eigenvalue weighted by Gasteiger charge is -2.32. The maximum absolute atomic E-state index is 13.6. The topological polar surface area (TPSA) is 66.9 Å². The van der Waals surface area contributed by atoms with Crippen molar-refractivity contribution in [1.29, 1.82) is 0 Å². The van der Waals surface area contributed by atoms with E-state index >= 15 is 0 Å². The third-order valence-corrected chi connectivity index (χ3v) is 7.51. The van der Waals surface area contributed by atoms with E-state index < -0.39 is 10.0 Å². The summed E-state index contributed by atoms with van der Waals surface area (Å²) < 4.78 is 33.6. The Hall–Kier alpha value is -3.03. The lowest BCUT2D eigenvalue weighted by Crippen LogP contribution is -2.44. The van der Waals surface area contributed by atoms with Gasteiger partial charge in [-0.25, -0.2) is 8.42 Å². The molecule has 0 radical (unpaired) electrons. The minimum absolute atomic E-state index is 0.0822. The van der Waals surface area contributed by atoms with Gasteiger partial charge in [-0.05, 0) is 47.9 Å². The number of hydrogen-bond donors (Lipinski definition) is 0. The molecule has 32 heavy (non-hydrogen) atoms. The van der Waals surface area contributed by atoms with Gasteiger partial charge in [-0.2, -0.15) is 0 Å². The van der Waals surface area contributed by atoms with Gasteiger partial charge < -0.3 is 9.64 Å². The molecule has 0 aliphatic carbocycles. The first-order valence-electron chi connectivity index (χ1n) is 10.2. The maximum atomic E-state index is 13.6. The lowest BCUT2D eigenvalue weighted by molar-refractivity contribution is -0.130. The number of rotatable bonds is 6. The summed E-state index contributed by atoms with van der Waals surface area (Å²) in [7, 11) is -2.60. The summed E-state index contributed by atoms with van der Waals surface area (Å²) in [5, 5.41) is 0.341. The zero-order valence-corrected chi connectivity index (χ0v) is 19.1. The van der Waals surface area contributed by atoms with Crippen molar-refractivity contribution in [3.05, 3.63) is 88.9 Å². The molecular weight excluding hydrogens is 448 g/mol. The maximum Gasteiger partial charge on any atom is 0.264 e. The Bertz CT molecular complexity index is 1230. The molecule has 3 aromatic rings. The quantitative estimate of drug-likeness (QED) is 0.543. The molecule has 0 aromatic heterocycles. The highest BCUT2D eigenvalue weighted by Gasteiger charge is 2.32. The smallest absolute Gasteiger partial charge is 0.264 e. The van der Waals surface area contributed by atoms with Crippen LogP contribution in [-0.2, 0) is 27.8 Å². The summed E-state index contributed by atoms with van der Waals surface area (Å²) in [6.07, 6.45) is 0.730. The van der Waals surface area contributed by atoms with E-state index in [1.54, 1.807) is 35.2 Å².